The fourth-order valence-corrected chi connectivity index (χ4v) is 0.915. The van der Waals surface area contributed by atoms with Gasteiger partial charge in [-0.25, -0.2) is 0 Å². The summed E-state index contributed by atoms with van der Waals surface area (Å²) in [5.74, 6) is 0. The van der Waals surface area contributed by atoms with Crippen molar-refractivity contribution in [1.29, 1.82) is 0 Å². The molecule has 0 saturated heterocycles. The van der Waals surface area contributed by atoms with Gasteiger partial charge in [-0.15, -0.1) is 0 Å². The zero-order valence-corrected chi connectivity index (χ0v) is 7.06. The molecular weight excluding hydrogens is 124 g/mol. The van der Waals surface area contributed by atoms with Crippen molar-refractivity contribution in [2.45, 2.75) is 38.6 Å². The molecule has 1 atom stereocenters. The predicted octanol–water partition coefficient (Wildman–Crippen LogP) is 1.59. The number of unbranched alkanes of at least 4 members (excludes halogenated alkanes) is 1. The molecule has 0 saturated carbocycles. The topological polar surface area (TPSA) is 38.4 Å². The summed E-state index contributed by atoms with van der Waals surface area (Å²) in [6, 6.07) is 0. The molecule has 0 spiro atoms. The average molecular weight is 142 g/mol. The summed E-state index contributed by atoms with van der Waals surface area (Å²) in [6.45, 7) is 8.29. The predicted molar refractivity (Wildman–Crippen MR) is 46.5 cm³/mol. The molecule has 2 N–H and O–H groups in total. The third-order valence-corrected chi connectivity index (χ3v) is 1.57. The fourth-order valence-electron chi connectivity index (χ4n) is 0.915. The van der Waals surface area contributed by atoms with Crippen LogP contribution in [0.1, 0.15) is 33.1 Å². The van der Waals surface area contributed by atoms with Crippen molar-refractivity contribution in [2.24, 2.45) is 10.7 Å². The van der Waals surface area contributed by atoms with Gasteiger partial charge in [-0.3, -0.25) is 4.99 Å². The Hall–Kier alpha value is -0.370. The van der Waals surface area contributed by atoms with E-state index in [-0.39, 0.29) is 5.54 Å². The van der Waals surface area contributed by atoms with E-state index in [1.807, 2.05) is 6.92 Å². The van der Waals surface area contributed by atoms with Crippen LogP contribution in [0, 0.1) is 0 Å². The molecule has 0 aliphatic rings. The normalized spacial score (nSPS) is 16.3. The first-order valence-corrected chi connectivity index (χ1v) is 3.84. The molecule has 60 valence electrons. The van der Waals surface area contributed by atoms with Crippen LogP contribution in [0.15, 0.2) is 4.99 Å². The van der Waals surface area contributed by atoms with Gasteiger partial charge in [0.25, 0.3) is 0 Å². The molecule has 0 aromatic carbocycles. The maximum absolute atomic E-state index is 5.88. The van der Waals surface area contributed by atoms with Crippen molar-refractivity contribution in [1.82, 2.24) is 0 Å². The molecule has 2 heteroatoms. The van der Waals surface area contributed by atoms with Gasteiger partial charge >= 0.3 is 0 Å². The molecule has 0 aromatic heterocycles. The molecule has 2 nitrogen and oxygen atoms in total. The van der Waals surface area contributed by atoms with Gasteiger partial charge in [0.2, 0.25) is 0 Å². The van der Waals surface area contributed by atoms with E-state index >= 15 is 0 Å². The second-order valence-corrected chi connectivity index (χ2v) is 3.14. The summed E-state index contributed by atoms with van der Waals surface area (Å²) in [6.07, 6.45) is 3.43. The third kappa shape index (κ3) is 4.50. The summed E-state index contributed by atoms with van der Waals surface area (Å²) in [4.78, 5) is 3.79. The van der Waals surface area contributed by atoms with Crippen LogP contribution in [-0.2, 0) is 0 Å². The summed E-state index contributed by atoms with van der Waals surface area (Å²) in [7, 11) is 0. The van der Waals surface area contributed by atoms with Crippen LogP contribution in [0.25, 0.3) is 0 Å². The zero-order chi connectivity index (χ0) is 8.04. The molecule has 0 aliphatic carbocycles. The molecule has 0 amide bonds. The number of nitrogens with zero attached hydrogens (tertiary/aromatic N) is 1. The molecule has 0 aromatic rings. The lowest BCUT2D eigenvalue weighted by Crippen LogP contribution is -2.39. The van der Waals surface area contributed by atoms with Gasteiger partial charge in [-0.2, -0.15) is 0 Å². The van der Waals surface area contributed by atoms with Crippen molar-refractivity contribution >= 4 is 6.72 Å². The number of hydrogen-bond acceptors (Lipinski definition) is 2. The Bertz CT molecular complexity index is 97.4. The van der Waals surface area contributed by atoms with Crippen LogP contribution in [0.3, 0.4) is 0 Å². The molecule has 0 heterocycles. The van der Waals surface area contributed by atoms with Crippen LogP contribution >= 0.6 is 0 Å². The maximum Gasteiger partial charge on any atom is 0.0559 e. The number of hydrogen-bond donors (Lipinski definition) is 1. The summed E-state index contributed by atoms with van der Waals surface area (Å²) in [5, 5.41) is 0. The lowest BCUT2D eigenvalue weighted by atomic mass is 9.97. The standard InChI is InChI=1S/C8H18N2/c1-4-5-6-8(2,9)7-10-3/h3-7,9H2,1-2H3. The third-order valence-electron chi connectivity index (χ3n) is 1.57. The zero-order valence-electron chi connectivity index (χ0n) is 7.06. The van der Waals surface area contributed by atoms with E-state index in [4.69, 9.17) is 5.73 Å². The van der Waals surface area contributed by atoms with E-state index in [9.17, 15) is 0 Å². The molecule has 0 fully saturated rings. The van der Waals surface area contributed by atoms with Crippen LogP contribution in [-0.4, -0.2) is 18.8 Å². The lowest BCUT2D eigenvalue weighted by molar-refractivity contribution is 0.428. The molecular formula is C8H18N2. The monoisotopic (exact) mass is 142 g/mol. The first kappa shape index (κ1) is 9.63. The molecule has 0 rings (SSSR count). The summed E-state index contributed by atoms with van der Waals surface area (Å²) >= 11 is 0. The summed E-state index contributed by atoms with van der Waals surface area (Å²) in [5.41, 5.74) is 5.75. The minimum Gasteiger partial charge on any atom is -0.324 e. The first-order chi connectivity index (χ1) is 4.62. The van der Waals surface area contributed by atoms with Crippen LogP contribution in [0.5, 0.6) is 0 Å². The van der Waals surface area contributed by atoms with Crippen molar-refractivity contribution in [3.63, 3.8) is 0 Å². The van der Waals surface area contributed by atoms with E-state index in [1.165, 1.54) is 12.8 Å². The van der Waals surface area contributed by atoms with E-state index in [2.05, 4.69) is 18.6 Å². The largest absolute Gasteiger partial charge is 0.324 e. The van der Waals surface area contributed by atoms with Gasteiger partial charge in [0.05, 0.1) is 6.54 Å². The van der Waals surface area contributed by atoms with Gasteiger partial charge < -0.3 is 5.73 Å². The Kier molecular flexibility index (Phi) is 4.28. The van der Waals surface area contributed by atoms with E-state index in [1.54, 1.807) is 0 Å². The molecule has 10 heavy (non-hydrogen) atoms. The molecule has 0 aliphatic heterocycles. The summed E-state index contributed by atoms with van der Waals surface area (Å²) < 4.78 is 0. The average Bonchev–Trinajstić information content (AvgIpc) is 1.84. The minimum atomic E-state index is -0.127. The van der Waals surface area contributed by atoms with Gasteiger partial charge in [0.15, 0.2) is 0 Å². The second-order valence-electron chi connectivity index (χ2n) is 3.14. The van der Waals surface area contributed by atoms with E-state index in [0.717, 1.165) is 6.42 Å². The highest BCUT2D eigenvalue weighted by Gasteiger charge is 2.15. The quantitative estimate of drug-likeness (QED) is 0.582. The van der Waals surface area contributed by atoms with Gasteiger partial charge in [0.1, 0.15) is 0 Å². The number of rotatable bonds is 5. The van der Waals surface area contributed by atoms with E-state index < -0.39 is 0 Å². The van der Waals surface area contributed by atoms with Crippen LogP contribution in [0.2, 0.25) is 0 Å². The minimum absolute atomic E-state index is 0.127. The highest BCUT2D eigenvalue weighted by atomic mass is 14.8. The number of nitrogens with two attached hydrogens (primary N) is 1. The van der Waals surface area contributed by atoms with Crippen molar-refractivity contribution in [3.8, 4) is 0 Å². The smallest absolute Gasteiger partial charge is 0.0559 e. The Morgan fingerprint density at radius 2 is 2.20 bits per heavy atom. The number of aliphatic imine (C=N–C) groups is 1. The Morgan fingerprint density at radius 3 is 2.60 bits per heavy atom. The van der Waals surface area contributed by atoms with Gasteiger partial charge in [0, 0.05) is 5.54 Å². The Morgan fingerprint density at radius 1 is 1.60 bits per heavy atom. The maximum atomic E-state index is 5.88. The molecule has 0 bridgehead atoms. The lowest BCUT2D eigenvalue weighted by Gasteiger charge is -2.21. The Labute approximate surface area is 63.5 Å². The highest BCUT2D eigenvalue weighted by molar-refractivity contribution is 5.23. The first-order valence-electron chi connectivity index (χ1n) is 3.84. The highest BCUT2D eigenvalue weighted by Crippen LogP contribution is 2.10. The van der Waals surface area contributed by atoms with E-state index in [0.29, 0.717) is 6.54 Å². The van der Waals surface area contributed by atoms with Crippen molar-refractivity contribution < 1.29 is 0 Å². The van der Waals surface area contributed by atoms with Crippen molar-refractivity contribution in [2.75, 3.05) is 6.54 Å². The van der Waals surface area contributed by atoms with Crippen LogP contribution < -0.4 is 5.73 Å². The van der Waals surface area contributed by atoms with Crippen LogP contribution in [0.4, 0.5) is 0 Å². The van der Waals surface area contributed by atoms with Gasteiger partial charge in [-0.05, 0) is 20.1 Å². The Balaban J connectivity index is 3.51. The molecule has 0 radical (unpaired) electrons. The molecule has 1 unspecified atom stereocenters. The SMILES string of the molecule is C=NCC(C)(N)CCCC. The van der Waals surface area contributed by atoms with Crippen molar-refractivity contribution in [3.05, 3.63) is 0 Å². The second kappa shape index (κ2) is 4.45. The van der Waals surface area contributed by atoms with Gasteiger partial charge in [-0.1, -0.05) is 19.8 Å². The fraction of sp³-hybridized carbons (Fsp3) is 0.875.